The summed E-state index contributed by atoms with van der Waals surface area (Å²) in [6, 6.07) is 2.99. The molecule has 0 unspecified atom stereocenters. The van der Waals surface area contributed by atoms with Gasteiger partial charge in [0.05, 0.1) is 7.11 Å². The zero-order valence-electron chi connectivity index (χ0n) is 9.28. The highest BCUT2D eigenvalue weighted by Gasteiger charge is 2.21. The predicted molar refractivity (Wildman–Crippen MR) is 71.5 cm³/mol. The second-order valence-electron chi connectivity index (χ2n) is 3.51. The number of rotatable bonds is 2. The Balaban J connectivity index is 2.46. The highest BCUT2D eigenvalue weighted by molar-refractivity contribution is 7.80. The first-order chi connectivity index (χ1) is 8.51. The first kappa shape index (κ1) is 12.7. The van der Waals surface area contributed by atoms with Gasteiger partial charge in [-0.25, -0.2) is 0 Å². The van der Waals surface area contributed by atoms with E-state index in [1.54, 1.807) is 0 Å². The van der Waals surface area contributed by atoms with E-state index in [4.69, 9.17) is 28.6 Å². The fourth-order valence-corrected chi connectivity index (χ4v) is 1.92. The highest BCUT2D eigenvalue weighted by Crippen LogP contribution is 2.34. The van der Waals surface area contributed by atoms with Crippen molar-refractivity contribution in [2.75, 3.05) is 7.11 Å². The second-order valence-corrected chi connectivity index (χ2v) is 4.36. The molecule has 18 heavy (non-hydrogen) atoms. The minimum atomic E-state index is -0.363. The summed E-state index contributed by atoms with van der Waals surface area (Å²) in [6.07, 6.45) is 1.44. The quantitative estimate of drug-likeness (QED) is 0.566. The summed E-state index contributed by atoms with van der Waals surface area (Å²) in [5, 5.41) is 15.6. The summed E-state index contributed by atoms with van der Waals surface area (Å²) >= 11 is 10.7. The van der Waals surface area contributed by atoms with Crippen LogP contribution in [-0.4, -0.2) is 23.2 Å². The van der Waals surface area contributed by atoms with Crippen LogP contribution in [0.2, 0.25) is 5.02 Å². The van der Waals surface area contributed by atoms with Gasteiger partial charge in [-0.05, 0) is 24.4 Å². The Labute approximate surface area is 113 Å². The van der Waals surface area contributed by atoms with Crippen LogP contribution < -0.4 is 15.4 Å². The number of nitrogens with one attached hydrogen (secondary N) is 2. The number of benzene rings is 1. The van der Waals surface area contributed by atoms with Crippen molar-refractivity contribution >= 4 is 40.9 Å². The van der Waals surface area contributed by atoms with Crippen molar-refractivity contribution in [2.24, 2.45) is 0 Å². The molecule has 1 heterocycles. The maximum Gasteiger partial charge on any atom is 0.273 e. The molecule has 2 rings (SSSR count). The molecule has 7 heteroatoms. The van der Waals surface area contributed by atoms with Gasteiger partial charge in [0.15, 0.2) is 16.6 Å². The van der Waals surface area contributed by atoms with Crippen molar-refractivity contribution in [3.8, 4) is 11.5 Å². The smallest absolute Gasteiger partial charge is 0.273 e. The molecule has 0 bridgehead atoms. The lowest BCUT2D eigenvalue weighted by molar-refractivity contribution is -0.115. The Morgan fingerprint density at radius 1 is 1.44 bits per heavy atom. The maximum absolute atomic E-state index is 11.5. The predicted octanol–water partition coefficient (Wildman–Crippen LogP) is 1.40. The molecule has 0 saturated carbocycles. The average molecular weight is 285 g/mol. The van der Waals surface area contributed by atoms with E-state index in [0.717, 1.165) is 0 Å². The molecule has 1 aromatic rings. The number of thiocarbonyl (C=S) groups is 1. The molecule has 3 N–H and O–H groups in total. The summed E-state index contributed by atoms with van der Waals surface area (Å²) in [5.41, 5.74) is 0.598. The molecule has 1 fully saturated rings. The van der Waals surface area contributed by atoms with Gasteiger partial charge in [0.2, 0.25) is 0 Å². The van der Waals surface area contributed by atoms with Crippen molar-refractivity contribution in [1.29, 1.82) is 0 Å². The van der Waals surface area contributed by atoms with E-state index in [1.165, 1.54) is 25.3 Å². The largest absolute Gasteiger partial charge is 0.504 e. The number of methoxy groups -OCH3 is 1. The number of hydrogen-bond donors (Lipinski definition) is 3. The van der Waals surface area contributed by atoms with E-state index in [9.17, 15) is 9.90 Å². The van der Waals surface area contributed by atoms with Crippen LogP contribution in [0.3, 0.4) is 0 Å². The summed E-state index contributed by atoms with van der Waals surface area (Å²) in [5.74, 6) is -0.226. The van der Waals surface area contributed by atoms with Gasteiger partial charge in [-0.2, -0.15) is 0 Å². The van der Waals surface area contributed by atoms with Gasteiger partial charge in [0.25, 0.3) is 5.91 Å². The molecule has 5 nitrogen and oxygen atoms in total. The third kappa shape index (κ3) is 2.39. The summed E-state index contributed by atoms with van der Waals surface area (Å²) < 4.78 is 4.97. The van der Waals surface area contributed by atoms with E-state index < -0.39 is 0 Å². The molecular formula is C11H9ClN2O3S. The Kier molecular flexibility index (Phi) is 3.40. The SMILES string of the molecule is COc1cc(Cl)cc(/C=C2\NC(=S)NC2=O)c1O. The zero-order chi connectivity index (χ0) is 13.3. The molecule has 0 radical (unpaired) electrons. The van der Waals surface area contributed by atoms with E-state index in [-0.39, 0.29) is 28.2 Å². The van der Waals surface area contributed by atoms with E-state index >= 15 is 0 Å². The standard InChI is InChI=1S/C11H9ClN2O3S/c1-17-8-4-6(12)2-5(9(8)15)3-7-10(16)14-11(18)13-7/h2-4,15H,1H3,(H2,13,14,16,18)/b7-3-. The van der Waals surface area contributed by atoms with Gasteiger partial charge >= 0.3 is 0 Å². The van der Waals surface area contributed by atoms with E-state index in [2.05, 4.69) is 10.6 Å². The number of phenolic OH excluding ortho intramolecular Hbond substituents is 1. The minimum absolute atomic E-state index is 0.0955. The molecule has 1 aliphatic rings. The van der Waals surface area contributed by atoms with Gasteiger partial charge in [0, 0.05) is 16.7 Å². The van der Waals surface area contributed by atoms with Crippen LogP contribution in [-0.2, 0) is 4.79 Å². The van der Waals surface area contributed by atoms with Crippen LogP contribution in [0.25, 0.3) is 6.08 Å². The van der Waals surface area contributed by atoms with Crippen LogP contribution in [0, 0.1) is 0 Å². The van der Waals surface area contributed by atoms with Gasteiger partial charge < -0.3 is 15.2 Å². The second kappa shape index (κ2) is 4.83. The van der Waals surface area contributed by atoms with E-state index in [0.29, 0.717) is 10.6 Å². The van der Waals surface area contributed by atoms with Crippen molar-refractivity contribution in [1.82, 2.24) is 10.6 Å². The molecule has 94 valence electrons. The Hall–Kier alpha value is -1.79. The molecule has 0 atom stereocenters. The first-order valence-corrected chi connectivity index (χ1v) is 5.70. The number of hydrogen-bond acceptors (Lipinski definition) is 4. The van der Waals surface area contributed by atoms with Gasteiger partial charge in [-0.15, -0.1) is 0 Å². The molecule has 1 saturated heterocycles. The number of phenols is 1. The average Bonchev–Trinajstić information content (AvgIpc) is 2.62. The lowest BCUT2D eigenvalue weighted by Gasteiger charge is -2.07. The molecule has 1 aromatic carbocycles. The van der Waals surface area contributed by atoms with Crippen molar-refractivity contribution in [3.63, 3.8) is 0 Å². The number of carbonyl (C=O) groups excluding carboxylic acids is 1. The number of ether oxygens (including phenoxy) is 1. The molecule has 0 aliphatic carbocycles. The lowest BCUT2D eigenvalue weighted by Crippen LogP contribution is -2.21. The Morgan fingerprint density at radius 2 is 2.17 bits per heavy atom. The summed E-state index contributed by atoms with van der Waals surface area (Å²) in [7, 11) is 1.41. The molecule has 0 aromatic heterocycles. The third-order valence-corrected chi connectivity index (χ3v) is 2.73. The topological polar surface area (TPSA) is 70.6 Å². The van der Waals surface area contributed by atoms with Gasteiger partial charge in [0.1, 0.15) is 5.70 Å². The van der Waals surface area contributed by atoms with Crippen LogP contribution in [0.5, 0.6) is 11.5 Å². The molecule has 1 amide bonds. The van der Waals surface area contributed by atoms with Crippen molar-refractivity contribution < 1.29 is 14.6 Å². The van der Waals surface area contributed by atoms with Crippen LogP contribution in [0.1, 0.15) is 5.56 Å². The molecule has 1 aliphatic heterocycles. The fourth-order valence-electron chi connectivity index (χ4n) is 1.50. The Bertz CT molecular complexity index is 572. The first-order valence-electron chi connectivity index (χ1n) is 4.92. The number of aromatic hydroxyl groups is 1. The normalized spacial score (nSPS) is 16.7. The summed E-state index contributed by atoms with van der Waals surface area (Å²) in [6.45, 7) is 0. The molecular weight excluding hydrogens is 276 g/mol. The zero-order valence-corrected chi connectivity index (χ0v) is 10.9. The van der Waals surface area contributed by atoms with E-state index in [1.807, 2.05) is 0 Å². The monoisotopic (exact) mass is 284 g/mol. The summed E-state index contributed by atoms with van der Waals surface area (Å²) in [4.78, 5) is 11.5. The van der Waals surface area contributed by atoms with Crippen molar-refractivity contribution in [2.45, 2.75) is 0 Å². The Morgan fingerprint density at radius 3 is 2.72 bits per heavy atom. The number of amides is 1. The number of halogens is 1. The van der Waals surface area contributed by atoms with Crippen LogP contribution in [0.15, 0.2) is 17.8 Å². The maximum atomic E-state index is 11.5. The van der Waals surface area contributed by atoms with Crippen LogP contribution in [0.4, 0.5) is 0 Å². The molecule has 0 spiro atoms. The van der Waals surface area contributed by atoms with Gasteiger partial charge in [-0.3, -0.25) is 10.1 Å². The minimum Gasteiger partial charge on any atom is -0.504 e. The number of carbonyl (C=O) groups is 1. The lowest BCUT2D eigenvalue weighted by atomic mass is 10.1. The van der Waals surface area contributed by atoms with Crippen molar-refractivity contribution in [3.05, 3.63) is 28.4 Å². The van der Waals surface area contributed by atoms with Crippen LogP contribution >= 0.6 is 23.8 Å². The van der Waals surface area contributed by atoms with Gasteiger partial charge in [-0.1, -0.05) is 11.6 Å². The fraction of sp³-hybridized carbons (Fsp3) is 0.0909. The third-order valence-electron chi connectivity index (χ3n) is 2.31. The highest BCUT2D eigenvalue weighted by atomic mass is 35.5.